The van der Waals surface area contributed by atoms with Crippen molar-refractivity contribution in [3.8, 4) is 23.0 Å². The SMILES string of the molecule is CNCc1cc(Br)ccc1Oc1ccc(SC)cc1.CSc1ccc(Oc2ccc(Br)cc2C=O)cc1. The van der Waals surface area contributed by atoms with E-state index in [1.807, 2.05) is 67.9 Å². The third kappa shape index (κ3) is 9.23. The van der Waals surface area contributed by atoms with Crippen LogP contribution in [-0.2, 0) is 6.54 Å². The summed E-state index contributed by atoms with van der Waals surface area (Å²) >= 11 is 10.2. The molecule has 0 aliphatic rings. The number of hydrogen-bond donors (Lipinski definition) is 1. The van der Waals surface area contributed by atoms with Gasteiger partial charge in [0.15, 0.2) is 6.29 Å². The van der Waals surface area contributed by atoms with Crippen LogP contribution in [-0.4, -0.2) is 25.8 Å². The number of halogens is 2. The van der Waals surface area contributed by atoms with Crippen LogP contribution < -0.4 is 14.8 Å². The van der Waals surface area contributed by atoms with Gasteiger partial charge in [0, 0.05) is 30.8 Å². The van der Waals surface area contributed by atoms with Gasteiger partial charge in [-0.1, -0.05) is 31.9 Å². The van der Waals surface area contributed by atoms with Crippen molar-refractivity contribution in [3.63, 3.8) is 0 Å². The Labute approximate surface area is 243 Å². The van der Waals surface area contributed by atoms with E-state index in [-0.39, 0.29) is 0 Å². The number of aldehydes is 1. The summed E-state index contributed by atoms with van der Waals surface area (Å²) in [5, 5.41) is 3.15. The van der Waals surface area contributed by atoms with Gasteiger partial charge in [-0.05, 0) is 104 Å². The van der Waals surface area contributed by atoms with E-state index < -0.39 is 0 Å². The second-order valence-corrected chi connectivity index (χ2v) is 11.2. The highest BCUT2D eigenvalue weighted by atomic mass is 79.9. The molecule has 4 rings (SSSR count). The van der Waals surface area contributed by atoms with Gasteiger partial charge in [-0.25, -0.2) is 0 Å². The molecule has 1 N–H and O–H groups in total. The number of benzene rings is 4. The van der Waals surface area contributed by atoms with Gasteiger partial charge in [0.05, 0.1) is 5.56 Å². The molecule has 0 amide bonds. The third-order valence-corrected chi connectivity index (χ3v) is 7.54. The third-order valence-electron chi connectivity index (χ3n) is 5.06. The molecule has 8 heteroatoms. The average molecular weight is 661 g/mol. The minimum absolute atomic E-state index is 0.526. The zero-order valence-corrected chi connectivity index (χ0v) is 25.5. The Kier molecular flexibility index (Phi) is 12.1. The summed E-state index contributed by atoms with van der Waals surface area (Å²) in [5.41, 5.74) is 1.66. The molecule has 0 spiro atoms. The van der Waals surface area contributed by atoms with Crippen molar-refractivity contribution in [2.45, 2.75) is 16.3 Å². The van der Waals surface area contributed by atoms with Crippen LogP contribution in [0, 0.1) is 0 Å². The Morgan fingerprint density at radius 2 is 1.22 bits per heavy atom. The quantitative estimate of drug-likeness (QED) is 0.143. The molecule has 0 fully saturated rings. The number of hydrogen-bond acceptors (Lipinski definition) is 6. The molecule has 4 aromatic rings. The van der Waals surface area contributed by atoms with Crippen molar-refractivity contribution in [1.82, 2.24) is 5.32 Å². The van der Waals surface area contributed by atoms with Crippen LogP contribution in [0.4, 0.5) is 0 Å². The number of rotatable bonds is 9. The highest BCUT2D eigenvalue weighted by Crippen LogP contribution is 2.30. The number of carbonyl (C=O) groups excluding carboxylic acids is 1. The molecule has 192 valence electrons. The predicted molar refractivity (Wildman–Crippen MR) is 163 cm³/mol. The first-order valence-electron chi connectivity index (χ1n) is 11.3. The molecule has 4 nitrogen and oxygen atoms in total. The first kappa shape index (κ1) is 29.3. The largest absolute Gasteiger partial charge is 0.457 e. The van der Waals surface area contributed by atoms with Gasteiger partial charge in [-0.15, -0.1) is 23.5 Å². The molecule has 0 atom stereocenters. The minimum atomic E-state index is 0.526. The summed E-state index contributed by atoms with van der Waals surface area (Å²) in [5.74, 6) is 3.02. The van der Waals surface area contributed by atoms with E-state index >= 15 is 0 Å². The van der Waals surface area contributed by atoms with E-state index in [0.717, 1.165) is 44.6 Å². The lowest BCUT2D eigenvalue weighted by Crippen LogP contribution is -2.06. The van der Waals surface area contributed by atoms with Gasteiger partial charge >= 0.3 is 0 Å². The molecule has 0 aliphatic carbocycles. The van der Waals surface area contributed by atoms with Gasteiger partial charge in [-0.3, -0.25) is 4.79 Å². The number of nitrogens with one attached hydrogen (secondary N) is 1. The van der Waals surface area contributed by atoms with Crippen molar-refractivity contribution in [2.24, 2.45) is 0 Å². The molecule has 0 heterocycles. The molecule has 0 radical (unpaired) electrons. The highest BCUT2D eigenvalue weighted by molar-refractivity contribution is 9.10. The van der Waals surface area contributed by atoms with Crippen molar-refractivity contribution in [3.05, 3.63) is 105 Å². The Balaban J connectivity index is 0.000000206. The summed E-state index contributed by atoms with van der Waals surface area (Å²) in [6, 6.07) is 27.3. The van der Waals surface area contributed by atoms with E-state index in [1.54, 1.807) is 35.7 Å². The summed E-state index contributed by atoms with van der Waals surface area (Å²) in [7, 11) is 1.93. The number of thioether (sulfide) groups is 2. The fourth-order valence-corrected chi connectivity index (χ4v) is 4.83. The molecule has 0 aliphatic heterocycles. The predicted octanol–water partition coefficient (Wildman–Crippen LogP) is 9.46. The van der Waals surface area contributed by atoms with Crippen LogP contribution in [0.5, 0.6) is 23.0 Å². The molecular weight excluding hydrogens is 634 g/mol. The fraction of sp³-hybridized carbons (Fsp3) is 0.138. The first-order chi connectivity index (χ1) is 17.9. The van der Waals surface area contributed by atoms with E-state index in [2.05, 4.69) is 61.6 Å². The molecule has 0 bridgehead atoms. The van der Waals surface area contributed by atoms with Gasteiger partial charge in [0.2, 0.25) is 0 Å². The minimum Gasteiger partial charge on any atom is -0.457 e. The lowest BCUT2D eigenvalue weighted by molar-refractivity contribution is 0.112. The van der Waals surface area contributed by atoms with Crippen LogP contribution >= 0.6 is 55.4 Å². The van der Waals surface area contributed by atoms with Crippen LogP contribution in [0.2, 0.25) is 0 Å². The second-order valence-electron chi connectivity index (χ2n) is 7.64. The average Bonchev–Trinajstić information content (AvgIpc) is 2.92. The molecule has 4 aromatic carbocycles. The molecule has 0 saturated heterocycles. The number of carbonyl (C=O) groups is 1. The summed E-state index contributed by atoms with van der Waals surface area (Å²) in [6.07, 6.45) is 4.88. The maximum Gasteiger partial charge on any atom is 0.153 e. The fourth-order valence-electron chi connectivity index (χ4n) is 3.22. The highest BCUT2D eigenvalue weighted by Gasteiger charge is 2.06. The smallest absolute Gasteiger partial charge is 0.153 e. The van der Waals surface area contributed by atoms with E-state index in [9.17, 15) is 4.79 Å². The van der Waals surface area contributed by atoms with Gasteiger partial charge in [0.25, 0.3) is 0 Å². The Hall–Kier alpha value is -2.23. The lowest BCUT2D eigenvalue weighted by Gasteiger charge is -2.11. The lowest BCUT2D eigenvalue weighted by atomic mass is 10.2. The monoisotopic (exact) mass is 659 g/mol. The number of ether oxygens (including phenoxy) is 2. The van der Waals surface area contributed by atoms with Crippen LogP contribution in [0.3, 0.4) is 0 Å². The maximum atomic E-state index is 11.0. The maximum absolute atomic E-state index is 11.0. The summed E-state index contributed by atoms with van der Waals surface area (Å²) in [4.78, 5) is 13.4. The van der Waals surface area contributed by atoms with Gasteiger partial charge in [-0.2, -0.15) is 0 Å². The zero-order valence-electron chi connectivity index (χ0n) is 20.7. The molecule has 0 unspecified atom stereocenters. The van der Waals surface area contributed by atoms with Crippen molar-refractivity contribution < 1.29 is 14.3 Å². The van der Waals surface area contributed by atoms with Crippen LogP contribution in [0.25, 0.3) is 0 Å². The molecular formula is C29H27Br2NO3S2. The summed E-state index contributed by atoms with van der Waals surface area (Å²) < 4.78 is 13.6. The first-order valence-corrected chi connectivity index (χ1v) is 15.3. The van der Waals surface area contributed by atoms with Gasteiger partial charge < -0.3 is 14.8 Å². The van der Waals surface area contributed by atoms with E-state index in [1.165, 1.54) is 9.79 Å². The van der Waals surface area contributed by atoms with Gasteiger partial charge in [0.1, 0.15) is 23.0 Å². The van der Waals surface area contributed by atoms with Crippen molar-refractivity contribution in [1.29, 1.82) is 0 Å². The van der Waals surface area contributed by atoms with E-state index in [0.29, 0.717) is 11.3 Å². The van der Waals surface area contributed by atoms with Crippen molar-refractivity contribution in [2.75, 3.05) is 19.6 Å². The Morgan fingerprint density at radius 3 is 1.70 bits per heavy atom. The standard InChI is InChI=1S/C15H16BrNOS.C14H11BrO2S/c1-17-10-11-9-12(16)3-8-15(11)18-13-4-6-14(19-2)7-5-13;1-18-13-5-3-12(4-6-13)17-14-7-2-11(15)8-10(14)9-16/h3-9,17H,10H2,1-2H3;2-9H,1H3. The van der Waals surface area contributed by atoms with Crippen LogP contribution in [0.1, 0.15) is 15.9 Å². The Morgan fingerprint density at radius 1 is 0.730 bits per heavy atom. The molecule has 37 heavy (non-hydrogen) atoms. The summed E-state index contributed by atoms with van der Waals surface area (Å²) in [6.45, 7) is 0.775. The zero-order chi connectivity index (χ0) is 26.6. The van der Waals surface area contributed by atoms with Crippen LogP contribution in [0.15, 0.2) is 104 Å². The topological polar surface area (TPSA) is 47.6 Å². The second kappa shape index (κ2) is 15.2. The molecule has 0 aromatic heterocycles. The normalized spacial score (nSPS) is 10.3. The molecule has 0 saturated carbocycles. The van der Waals surface area contributed by atoms with Crippen molar-refractivity contribution >= 4 is 61.7 Å². The Bertz CT molecular complexity index is 1300. The van der Waals surface area contributed by atoms with E-state index in [4.69, 9.17) is 9.47 Å².